The normalized spacial score (nSPS) is 11.0. The molecule has 0 aromatic rings. The third-order valence-corrected chi connectivity index (χ3v) is 3.31. The highest BCUT2D eigenvalue weighted by Crippen LogP contribution is 2.04. The van der Waals surface area contributed by atoms with Gasteiger partial charge in [0.2, 0.25) is 0 Å². The molecule has 0 N–H and O–H groups in total. The van der Waals surface area contributed by atoms with Crippen molar-refractivity contribution in [3.8, 4) is 0 Å². The van der Waals surface area contributed by atoms with E-state index in [0.29, 0.717) is 13.0 Å². The zero-order chi connectivity index (χ0) is 13.5. The molecule has 0 saturated carbocycles. The highest BCUT2D eigenvalue weighted by atomic mass is 79.9. The van der Waals surface area contributed by atoms with Crippen molar-refractivity contribution >= 4 is 21.9 Å². The molecule has 0 rings (SSSR count). The fraction of sp³-hybridized carbons (Fsp3) is 0.800. The number of hydrogen-bond acceptors (Lipinski definition) is 2. The van der Waals surface area contributed by atoms with Crippen molar-refractivity contribution in [1.29, 1.82) is 0 Å². The molecule has 0 heterocycles. The second-order valence-electron chi connectivity index (χ2n) is 4.50. The van der Waals surface area contributed by atoms with Crippen molar-refractivity contribution in [3.63, 3.8) is 0 Å². The van der Waals surface area contributed by atoms with Gasteiger partial charge in [0.1, 0.15) is 6.61 Å². The fourth-order valence-electron chi connectivity index (χ4n) is 1.63. The molecule has 0 aromatic heterocycles. The summed E-state index contributed by atoms with van der Waals surface area (Å²) in [7, 11) is 0. The molecular formula is C15H27BrO2. The number of halogens is 1. The predicted octanol–water partition coefficient (Wildman–Crippen LogP) is 5.01. The van der Waals surface area contributed by atoms with E-state index in [1.54, 1.807) is 0 Å². The molecule has 106 valence electrons. The lowest BCUT2D eigenvalue weighted by Crippen LogP contribution is -2.04. The molecule has 0 aliphatic heterocycles. The first-order chi connectivity index (χ1) is 8.81. The molecule has 0 aliphatic carbocycles. The fourth-order valence-corrected chi connectivity index (χ4v) is 2.03. The topological polar surface area (TPSA) is 26.3 Å². The number of esters is 1. The van der Waals surface area contributed by atoms with Crippen LogP contribution in [-0.2, 0) is 9.53 Å². The van der Waals surface area contributed by atoms with E-state index in [0.717, 1.165) is 31.0 Å². The summed E-state index contributed by atoms with van der Waals surface area (Å²) in [6.45, 7) is 2.65. The molecule has 0 atom stereocenters. The quantitative estimate of drug-likeness (QED) is 0.219. The highest BCUT2D eigenvalue weighted by molar-refractivity contribution is 9.09. The minimum Gasteiger partial charge on any atom is -0.461 e. The van der Waals surface area contributed by atoms with E-state index < -0.39 is 0 Å². The Morgan fingerprint density at radius 3 is 2.56 bits per heavy atom. The standard InChI is InChI=1S/C15H27BrO2/c1-2-3-4-5-6-7-11-14-18-15(17)12-9-8-10-13-16/h7,11H,2-6,8-10,12-14H2,1H3/b11-7+. The van der Waals surface area contributed by atoms with Crippen LogP contribution < -0.4 is 0 Å². The summed E-state index contributed by atoms with van der Waals surface area (Å²) in [6, 6.07) is 0. The minimum atomic E-state index is -0.0693. The maximum absolute atomic E-state index is 11.3. The van der Waals surface area contributed by atoms with E-state index in [2.05, 4.69) is 28.9 Å². The van der Waals surface area contributed by atoms with Crippen LogP contribution in [0.4, 0.5) is 0 Å². The summed E-state index contributed by atoms with van der Waals surface area (Å²) in [5, 5.41) is 1.02. The third kappa shape index (κ3) is 13.8. The Morgan fingerprint density at radius 2 is 1.83 bits per heavy atom. The van der Waals surface area contributed by atoms with E-state index in [1.807, 2.05) is 6.08 Å². The van der Waals surface area contributed by atoms with Crippen LogP contribution in [0.1, 0.15) is 64.7 Å². The second-order valence-corrected chi connectivity index (χ2v) is 5.30. The Kier molecular flexibility index (Phi) is 14.5. The molecule has 0 aromatic carbocycles. The summed E-state index contributed by atoms with van der Waals surface area (Å²) in [4.78, 5) is 11.3. The number of hydrogen-bond donors (Lipinski definition) is 0. The SMILES string of the molecule is CCCCCC/C=C/COC(=O)CCCCCBr. The second kappa shape index (κ2) is 14.7. The van der Waals surface area contributed by atoms with Crippen LogP contribution in [-0.4, -0.2) is 17.9 Å². The number of carbonyl (C=O) groups excluding carboxylic acids is 1. The molecule has 0 radical (unpaired) electrons. The molecule has 3 heteroatoms. The summed E-state index contributed by atoms with van der Waals surface area (Å²) in [5.74, 6) is -0.0693. The molecule has 0 unspecified atom stereocenters. The van der Waals surface area contributed by atoms with Gasteiger partial charge in [-0.05, 0) is 25.7 Å². The highest BCUT2D eigenvalue weighted by Gasteiger charge is 2.00. The number of allylic oxidation sites excluding steroid dienone is 1. The Balaban J connectivity index is 3.25. The van der Waals surface area contributed by atoms with Gasteiger partial charge in [-0.25, -0.2) is 0 Å². The third-order valence-electron chi connectivity index (χ3n) is 2.75. The maximum Gasteiger partial charge on any atom is 0.306 e. The van der Waals surface area contributed by atoms with Crippen molar-refractivity contribution < 1.29 is 9.53 Å². The largest absolute Gasteiger partial charge is 0.461 e. The molecule has 0 saturated heterocycles. The lowest BCUT2D eigenvalue weighted by molar-refractivity contribution is -0.142. The van der Waals surface area contributed by atoms with Gasteiger partial charge in [-0.2, -0.15) is 0 Å². The van der Waals surface area contributed by atoms with Crippen LogP contribution >= 0.6 is 15.9 Å². The summed E-state index contributed by atoms with van der Waals surface area (Å²) < 4.78 is 5.11. The van der Waals surface area contributed by atoms with Crippen LogP contribution in [0.3, 0.4) is 0 Å². The Morgan fingerprint density at radius 1 is 1.06 bits per heavy atom. The summed E-state index contributed by atoms with van der Waals surface area (Å²) >= 11 is 3.37. The van der Waals surface area contributed by atoms with Gasteiger partial charge < -0.3 is 4.74 Å². The van der Waals surface area contributed by atoms with Gasteiger partial charge in [0.05, 0.1) is 0 Å². The number of rotatable bonds is 12. The Bertz CT molecular complexity index is 215. The molecule has 0 amide bonds. The predicted molar refractivity (Wildman–Crippen MR) is 81.1 cm³/mol. The van der Waals surface area contributed by atoms with E-state index in [1.165, 1.54) is 25.7 Å². The number of carbonyl (C=O) groups is 1. The van der Waals surface area contributed by atoms with Crippen molar-refractivity contribution in [2.24, 2.45) is 0 Å². The molecule has 2 nitrogen and oxygen atoms in total. The lowest BCUT2D eigenvalue weighted by atomic mass is 10.1. The van der Waals surface area contributed by atoms with Gasteiger partial charge in [-0.15, -0.1) is 0 Å². The van der Waals surface area contributed by atoms with Gasteiger partial charge in [-0.1, -0.05) is 60.7 Å². The Hall–Kier alpha value is -0.310. The number of alkyl halides is 1. The average Bonchev–Trinajstić information content (AvgIpc) is 2.38. The monoisotopic (exact) mass is 318 g/mol. The van der Waals surface area contributed by atoms with Gasteiger partial charge in [-0.3, -0.25) is 4.79 Å². The minimum absolute atomic E-state index is 0.0693. The maximum atomic E-state index is 11.3. The van der Waals surface area contributed by atoms with E-state index in [4.69, 9.17) is 4.74 Å². The first kappa shape index (κ1) is 17.7. The molecule has 0 aliphatic rings. The van der Waals surface area contributed by atoms with Gasteiger partial charge in [0.15, 0.2) is 0 Å². The zero-order valence-electron chi connectivity index (χ0n) is 11.6. The van der Waals surface area contributed by atoms with Crippen LogP contribution in [0.15, 0.2) is 12.2 Å². The van der Waals surface area contributed by atoms with Crippen LogP contribution in [0, 0.1) is 0 Å². The van der Waals surface area contributed by atoms with Crippen molar-refractivity contribution in [2.75, 3.05) is 11.9 Å². The van der Waals surface area contributed by atoms with Crippen molar-refractivity contribution in [1.82, 2.24) is 0 Å². The molecule has 0 bridgehead atoms. The first-order valence-electron chi connectivity index (χ1n) is 7.17. The molecule has 0 spiro atoms. The van der Waals surface area contributed by atoms with Crippen LogP contribution in [0.25, 0.3) is 0 Å². The zero-order valence-corrected chi connectivity index (χ0v) is 13.2. The summed E-state index contributed by atoms with van der Waals surface area (Å²) in [5.41, 5.74) is 0. The average molecular weight is 319 g/mol. The van der Waals surface area contributed by atoms with Gasteiger partial charge >= 0.3 is 5.97 Å². The van der Waals surface area contributed by atoms with Gasteiger partial charge in [0, 0.05) is 11.8 Å². The summed E-state index contributed by atoms with van der Waals surface area (Å²) in [6.07, 6.45) is 14.0. The van der Waals surface area contributed by atoms with Gasteiger partial charge in [0.25, 0.3) is 0 Å². The molecule has 18 heavy (non-hydrogen) atoms. The first-order valence-corrected chi connectivity index (χ1v) is 8.30. The number of ether oxygens (including phenoxy) is 1. The Labute approximate surface area is 120 Å². The van der Waals surface area contributed by atoms with E-state index >= 15 is 0 Å². The van der Waals surface area contributed by atoms with Crippen LogP contribution in [0.2, 0.25) is 0 Å². The lowest BCUT2D eigenvalue weighted by Gasteiger charge is -2.01. The van der Waals surface area contributed by atoms with Crippen molar-refractivity contribution in [3.05, 3.63) is 12.2 Å². The molecular weight excluding hydrogens is 292 g/mol. The molecule has 0 fully saturated rings. The van der Waals surface area contributed by atoms with E-state index in [-0.39, 0.29) is 5.97 Å². The number of unbranched alkanes of at least 4 members (excludes halogenated alkanes) is 6. The smallest absolute Gasteiger partial charge is 0.306 e. The van der Waals surface area contributed by atoms with Crippen molar-refractivity contribution in [2.45, 2.75) is 64.7 Å². The van der Waals surface area contributed by atoms with Crippen LogP contribution in [0.5, 0.6) is 0 Å². The van der Waals surface area contributed by atoms with E-state index in [9.17, 15) is 4.79 Å².